The number of hydrogen-bond acceptors (Lipinski definition) is 5. The molecule has 2 heterocycles. The van der Waals surface area contributed by atoms with E-state index >= 15 is 0 Å². The molecule has 16 heavy (non-hydrogen) atoms. The zero-order valence-corrected chi connectivity index (χ0v) is 8.50. The summed E-state index contributed by atoms with van der Waals surface area (Å²) in [5.41, 5.74) is 1.63. The zero-order valence-electron chi connectivity index (χ0n) is 8.50. The normalized spacial score (nSPS) is 10.0. The summed E-state index contributed by atoms with van der Waals surface area (Å²) in [6, 6.07) is 5.54. The Morgan fingerprint density at radius 3 is 3.19 bits per heavy atom. The third-order valence-corrected chi connectivity index (χ3v) is 2.05. The molecular formula is C11H10N2O3. The highest BCUT2D eigenvalue weighted by Gasteiger charge is 2.06. The molecule has 0 N–H and O–H groups in total. The van der Waals surface area contributed by atoms with Crippen molar-refractivity contribution < 1.29 is 14.1 Å². The van der Waals surface area contributed by atoms with Gasteiger partial charge in [-0.25, -0.2) is 0 Å². The quantitative estimate of drug-likeness (QED) is 0.561. The summed E-state index contributed by atoms with van der Waals surface area (Å²) >= 11 is 0. The minimum atomic E-state index is 0.297. The first-order valence-electron chi connectivity index (χ1n) is 4.81. The average Bonchev–Trinajstić information content (AvgIpc) is 2.79. The van der Waals surface area contributed by atoms with Gasteiger partial charge in [0.25, 0.3) is 6.47 Å². The molecule has 82 valence electrons. The van der Waals surface area contributed by atoms with Crippen LogP contribution in [0.2, 0.25) is 0 Å². The SMILES string of the molecule is O=COCCc1cc(-c2cccnc2)no1. The highest BCUT2D eigenvalue weighted by molar-refractivity contribution is 5.57. The molecule has 0 radical (unpaired) electrons. The van der Waals surface area contributed by atoms with Gasteiger partial charge in [-0.1, -0.05) is 5.16 Å². The van der Waals surface area contributed by atoms with Crippen LogP contribution in [0, 0.1) is 0 Å². The van der Waals surface area contributed by atoms with Gasteiger partial charge in [0, 0.05) is 30.4 Å². The number of hydrogen-bond donors (Lipinski definition) is 0. The van der Waals surface area contributed by atoms with Crippen molar-refractivity contribution in [1.29, 1.82) is 0 Å². The molecule has 2 aromatic rings. The molecule has 0 spiro atoms. The largest absolute Gasteiger partial charge is 0.467 e. The highest BCUT2D eigenvalue weighted by Crippen LogP contribution is 2.17. The topological polar surface area (TPSA) is 65.2 Å². The fourth-order valence-electron chi connectivity index (χ4n) is 1.29. The molecular weight excluding hydrogens is 208 g/mol. The second-order valence-electron chi connectivity index (χ2n) is 3.14. The van der Waals surface area contributed by atoms with Crippen LogP contribution in [0.5, 0.6) is 0 Å². The van der Waals surface area contributed by atoms with Crippen LogP contribution in [-0.4, -0.2) is 23.2 Å². The van der Waals surface area contributed by atoms with Crippen LogP contribution in [0.25, 0.3) is 11.3 Å². The number of pyridine rings is 1. The van der Waals surface area contributed by atoms with Crippen LogP contribution in [0.3, 0.4) is 0 Å². The van der Waals surface area contributed by atoms with Crippen molar-refractivity contribution >= 4 is 6.47 Å². The van der Waals surface area contributed by atoms with Crippen LogP contribution >= 0.6 is 0 Å². The smallest absolute Gasteiger partial charge is 0.293 e. The molecule has 0 aliphatic heterocycles. The van der Waals surface area contributed by atoms with Crippen LogP contribution in [-0.2, 0) is 16.0 Å². The molecule has 0 amide bonds. The molecule has 0 atom stereocenters. The summed E-state index contributed by atoms with van der Waals surface area (Å²) in [7, 11) is 0. The van der Waals surface area contributed by atoms with E-state index in [0.717, 1.165) is 11.3 Å². The first kappa shape index (κ1) is 10.4. The van der Waals surface area contributed by atoms with Crippen molar-refractivity contribution in [2.24, 2.45) is 0 Å². The van der Waals surface area contributed by atoms with Crippen LogP contribution in [0.15, 0.2) is 35.1 Å². The Labute approximate surface area is 92.0 Å². The monoisotopic (exact) mass is 218 g/mol. The van der Waals surface area contributed by atoms with E-state index in [4.69, 9.17) is 4.52 Å². The Bertz CT molecular complexity index is 453. The van der Waals surface area contributed by atoms with Crippen molar-refractivity contribution in [2.75, 3.05) is 6.61 Å². The molecule has 0 fully saturated rings. The average molecular weight is 218 g/mol. The zero-order chi connectivity index (χ0) is 11.2. The van der Waals surface area contributed by atoms with E-state index in [-0.39, 0.29) is 0 Å². The second-order valence-corrected chi connectivity index (χ2v) is 3.14. The minimum Gasteiger partial charge on any atom is -0.467 e. The number of rotatable bonds is 5. The lowest BCUT2D eigenvalue weighted by atomic mass is 10.2. The molecule has 0 bridgehead atoms. The van der Waals surface area contributed by atoms with Gasteiger partial charge in [-0.15, -0.1) is 0 Å². The summed E-state index contributed by atoms with van der Waals surface area (Å²) in [6.45, 7) is 0.712. The fourth-order valence-corrected chi connectivity index (χ4v) is 1.29. The lowest BCUT2D eigenvalue weighted by molar-refractivity contribution is -0.128. The second kappa shape index (κ2) is 5.06. The predicted octanol–water partition coefficient (Wildman–Crippen LogP) is 1.45. The molecule has 0 saturated carbocycles. The summed E-state index contributed by atoms with van der Waals surface area (Å²) in [6.07, 6.45) is 3.93. The lowest BCUT2D eigenvalue weighted by Gasteiger charge is -1.92. The van der Waals surface area contributed by atoms with Gasteiger partial charge >= 0.3 is 0 Å². The summed E-state index contributed by atoms with van der Waals surface area (Å²) in [4.78, 5) is 13.9. The Hall–Kier alpha value is -2.17. The molecule has 2 rings (SSSR count). The Morgan fingerprint density at radius 1 is 1.50 bits per heavy atom. The highest BCUT2D eigenvalue weighted by atomic mass is 16.5. The Balaban J connectivity index is 2.05. The lowest BCUT2D eigenvalue weighted by Crippen LogP contribution is -1.94. The number of nitrogens with zero attached hydrogens (tertiary/aromatic N) is 2. The van der Waals surface area contributed by atoms with Crippen molar-refractivity contribution in [3.63, 3.8) is 0 Å². The van der Waals surface area contributed by atoms with Gasteiger partial charge in [0.2, 0.25) is 0 Å². The van der Waals surface area contributed by atoms with Crippen molar-refractivity contribution in [1.82, 2.24) is 10.1 Å². The fraction of sp³-hybridized carbons (Fsp3) is 0.182. The maximum absolute atomic E-state index is 9.95. The van der Waals surface area contributed by atoms with E-state index < -0.39 is 0 Å². The molecule has 2 aromatic heterocycles. The third kappa shape index (κ3) is 2.44. The van der Waals surface area contributed by atoms with Gasteiger partial charge in [0.1, 0.15) is 11.5 Å². The molecule has 0 saturated heterocycles. The van der Waals surface area contributed by atoms with Crippen molar-refractivity contribution in [3.05, 3.63) is 36.4 Å². The van der Waals surface area contributed by atoms with Gasteiger partial charge in [0.05, 0.1) is 6.61 Å². The van der Waals surface area contributed by atoms with E-state index in [0.29, 0.717) is 25.3 Å². The summed E-state index contributed by atoms with van der Waals surface area (Å²) in [5.74, 6) is 0.681. The summed E-state index contributed by atoms with van der Waals surface area (Å²) in [5, 5.41) is 3.91. The van der Waals surface area contributed by atoms with Crippen molar-refractivity contribution in [3.8, 4) is 11.3 Å². The van der Waals surface area contributed by atoms with E-state index in [9.17, 15) is 4.79 Å². The van der Waals surface area contributed by atoms with Crippen LogP contribution < -0.4 is 0 Å². The minimum absolute atomic E-state index is 0.297. The van der Waals surface area contributed by atoms with E-state index in [2.05, 4.69) is 14.9 Å². The van der Waals surface area contributed by atoms with Gasteiger partial charge in [-0.05, 0) is 12.1 Å². The van der Waals surface area contributed by atoms with Gasteiger partial charge in [0.15, 0.2) is 0 Å². The van der Waals surface area contributed by atoms with E-state index in [1.54, 1.807) is 12.4 Å². The number of carbonyl (C=O) groups is 1. The van der Waals surface area contributed by atoms with Gasteiger partial charge < -0.3 is 9.26 Å². The van der Waals surface area contributed by atoms with Crippen LogP contribution in [0.1, 0.15) is 5.76 Å². The van der Waals surface area contributed by atoms with Crippen molar-refractivity contribution in [2.45, 2.75) is 6.42 Å². The maximum Gasteiger partial charge on any atom is 0.293 e. The van der Waals surface area contributed by atoms with E-state index in [1.807, 2.05) is 18.2 Å². The van der Waals surface area contributed by atoms with Crippen LogP contribution in [0.4, 0.5) is 0 Å². The standard InChI is InChI=1S/C11H10N2O3/c14-8-15-5-3-10-6-11(13-16-10)9-2-1-4-12-7-9/h1-2,4,6-8H,3,5H2. The molecule has 5 heteroatoms. The number of carbonyl (C=O) groups excluding carboxylic acids is 1. The molecule has 0 aliphatic rings. The molecule has 0 unspecified atom stereocenters. The maximum atomic E-state index is 9.95. The first-order valence-corrected chi connectivity index (χ1v) is 4.81. The Morgan fingerprint density at radius 2 is 2.44 bits per heavy atom. The molecule has 0 aromatic carbocycles. The van der Waals surface area contributed by atoms with E-state index in [1.165, 1.54) is 0 Å². The molecule has 5 nitrogen and oxygen atoms in total. The molecule has 0 aliphatic carbocycles. The number of aromatic nitrogens is 2. The summed E-state index contributed by atoms with van der Waals surface area (Å²) < 4.78 is 9.66. The third-order valence-electron chi connectivity index (χ3n) is 2.05. The number of ether oxygens (including phenoxy) is 1. The Kier molecular flexibility index (Phi) is 3.28. The van der Waals surface area contributed by atoms with Gasteiger partial charge in [-0.3, -0.25) is 9.78 Å². The van der Waals surface area contributed by atoms with Gasteiger partial charge in [-0.2, -0.15) is 0 Å². The predicted molar refractivity (Wildman–Crippen MR) is 55.5 cm³/mol. The first-order chi connectivity index (χ1) is 7.90.